The molecular formula is C33H29F9O. The van der Waals surface area contributed by atoms with E-state index >= 15 is 13.2 Å². The van der Waals surface area contributed by atoms with E-state index in [0.717, 1.165) is 43.0 Å². The highest BCUT2D eigenvalue weighted by atomic mass is 19.4. The minimum Gasteiger partial charge on any atom is -0.432 e. The van der Waals surface area contributed by atoms with E-state index in [1.54, 1.807) is 0 Å². The first-order chi connectivity index (χ1) is 20.2. The molecule has 0 atom stereocenters. The molecule has 0 aromatic heterocycles. The van der Waals surface area contributed by atoms with Gasteiger partial charge in [0.15, 0.2) is 5.82 Å². The standard InChI is InChI=1S/C33H29F9O/c1-18-2-4-19(5-3-18)20-6-8-23(9-7-20)33(41,42)43-24-10-11-25(28(35)17-24)21-14-22-16-27(34)26(12-13-32(38,39)40)31(37)30(22)29(36)15-21/h10-11,14-20,23H,2-9H2,1H3. The molecular weight excluding hydrogens is 583 g/mol. The summed E-state index contributed by atoms with van der Waals surface area (Å²) in [5.74, 6) is -3.10. The number of ether oxygens (including phenoxy) is 1. The summed E-state index contributed by atoms with van der Waals surface area (Å²) in [6.45, 7) is 2.24. The first kappa shape index (κ1) is 31.1. The Labute approximate surface area is 243 Å². The van der Waals surface area contributed by atoms with Crippen molar-refractivity contribution < 1.29 is 44.3 Å². The summed E-state index contributed by atoms with van der Waals surface area (Å²) in [5.41, 5.74) is -1.70. The van der Waals surface area contributed by atoms with Crippen molar-refractivity contribution in [3.63, 3.8) is 0 Å². The van der Waals surface area contributed by atoms with E-state index in [9.17, 15) is 26.3 Å². The van der Waals surface area contributed by atoms with Crippen LogP contribution in [0.3, 0.4) is 0 Å². The zero-order valence-corrected chi connectivity index (χ0v) is 23.2. The van der Waals surface area contributed by atoms with Crippen LogP contribution >= 0.6 is 0 Å². The van der Waals surface area contributed by atoms with Gasteiger partial charge in [-0.3, -0.25) is 0 Å². The number of halogens is 9. The zero-order chi connectivity index (χ0) is 31.1. The lowest BCUT2D eigenvalue weighted by Gasteiger charge is -2.38. The van der Waals surface area contributed by atoms with Gasteiger partial charge in [-0.2, -0.15) is 22.0 Å². The van der Waals surface area contributed by atoms with Crippen LogP contribution in [0.5, 0.6) is 5.75 Å². The summed E-state index contributed by atoms with van der Waals surface area (Å²) in [4.78, 5) is 0. The van der Waals surface area contributed by atoms with Crippen LogP contribution in [-0.2, 0) is 0 Å². The predicted molar refractivity (Wildman–Crippen MR) is 144 cm³/mol. The summed E-state index contributed by atoms with van der Waals surface area (Å²) in [7, 11) is 0. The lowest BCUT2D eigenvalue weighted by atomic mass is 9.69. The monoisotopic (exact) mass is 612 g/mol. The van der Waals surface area contributed by atoms with E-state index in [-0.39, 0.29) is 11.1 Å². The van der Waals surface area contributed by atoms with Gasteiger partial charge in [-0.05, 0) is 97.6 Å². The Balaban J connectivity index is 1.32. The van der Waals surface area contributed by atoms with Crippen LogP contribution in [0.15, 0.2) is 36.4 Å². The number of rotatable bonds is 5. The van der Waals surface area contributed by atoms with Crippen molar-refractivity contribution in [1.29, 1.82) is 0 Å². The molecule has 3 aromatic rings. The summed E-state index contributed by atoms with van der Waals surface area (Å²) >= 11 is 0. The van der Waals surface area contributed by atoms with Gasteiger partial charge in [-0.1, -0.05) is 25.7 Å². The first-order valence-corrected chi connectivity index (χ1v) is 14.3. The van der Waals surface area contributed by atoms with Crippen molar-refractivity contribution in [3.05, 3.63) is 65.2 Å². The third-order valence-electron chi connectivity index (χ3n) is 8.89. The maximum Gasteiger partial charge on any atom is 0.458 e. The normalized spacial score (nSPS) is 23.1. The molecule has 0 bridgehead atoms. The van der Waals surface area contributed by atoms with Crippen molar-refractivity contribution in [1.82, 2.24) is 0 Å². The Morgan fingerprint density at radius 2 is 1.35 bits per heavy atom. The van der Waals surface area contributed by atoms with Crippen molar-refractivity contribution in [2.75, 3.05) is 0 Å². The highest BCUT2D eigenvalue weighted by Crippen LogP contribution is 2.45. The molecule has 3 aromatic carbocycles. The highest BCUT2D eigenvalue weighted by molar-refractivity contribution is 5.90. The molecule has 5 rings (SSSR count). The van der Waals surface area contributed by atoms with Crippen LogP contribution in [0.4, 0.5) is 39.5 Å². The van der Waals surface area contributed by atoms with Crippen LogP contribution in [0.25, 0.3) is 21.9 Å². The number of benzene rings is 3. The van der Waals surface area contributed by atoms with Crippen molar-refractivity contribution in [2.24, 2.45) is 23.7 Å². The molecule has 2 aliphatic carbocycles. The average Bonchev–Trinajstić information content (AvgIpc) is 2.92. The number of hydrogen-bond donors (Lipinski definition) is 0. The Morgan fingerprint density at radius 1 is 0.721 bits per heavy atom. The molecule has 0 unspecified atom stereocenters. The third kappa shape index (κ3) is 6.91. The fourth-order valence-electron chi connectivity index (χ4n) is 6.53. The largest absolute Gasteiger partial charge is 0.458 e. The molecule has 0 aliphatic heterocycles. The van der Waals surface area contributed by atoms with Crippen LogP contribution in [0, 0.1) is 58.8 Å². The van der Waals surface area contributed by atoms with E-state index < -0.39 is 63.6 Å². The van der Waals surface area contributed by atoms with E-state index in [4.69, 9.17) is 4.74 Å². The minimum atomic E-state index is -5.03. The summed E-state index contributed by atoms with van der Waals surface area (Å²) in [6, 6.07) is 5.24. The van der Waals surface area contributed by atoms with Gasteiger partial charge in [0.2, 0.25) is 0 Å². The highest BCUT2D eigenvalue weighted by Gasteiger charge is 2.45. The van der Waals surface area contributed by atoms with Crippen LogP contribution in [0.1, 0.15) is 63.9 Å². The molecule has 0 saturated heterocycles. The second-order valence-electron chi connectivity index (χ2n) is 11.8. The maximum atomic E-state index is 15.1. The van der Waals surface area contributed by atoms with Crippen molar-refractivity contribution in [3.8, 4) is 28.7 Å². The summed E-state index contributed by atoms with van der Waals surface area (Å²) in [5, 5.41) is -1.23. The molecule has 10 heteroatoms. The smallest absolute Gasteiger partial charge is 0.432 e. The van der Waals surface area contributed by atoms with E-state index in [0.29, 0.717) is 55.6 Å². The minimum absolute atomic E-state index is 0.177. The second kappa shape index (κ2) is 12.0. The molecule has 0 amide bonds. The van der Waals surface area contributed by atoms with Gasteiger partial charge >= 0.3 is 12.3 Å². The molecule has 43 heavy (non-hydrogen) atoms. The van der Waals surface area contributed by atoms with Crippen LogP contribution in [0.2, 0.25) is 0 Å². The Hall–Kier alpha value is -3.35. The molecule has 230 valence electrons. The fourth-order valence-corrected chi connectivity index (χ4v) is 6.53. The molecule has 0 radical (unpaired) electrons. The predicted octanol–water partition coefficient (Wildman–Crippen LogP) is 10.6. The van der Waals surface area contributed by atoms with Crippen molar-refractivity contribution >= 4 is 10.8 Å². The average molecular weight is 613 g/mol. The Bertz CT molecular complexity index is 1550. The van der Waals surface area contributed by atoms with Gasteiger partial charge in [-0.25, -0.2) is 17.6 Å². The number of fused-ring (bicyclic) bond motifs is 1. The van der Waals surface area contributed by atoms with Crippen LogP contribution in [-0.4, -0.2) is 12.3 Å². The number of hydrogen-bond acceptors (Lipinski definition) is 1. The first-order valence-electron chi connectivity index (χ1n) is 14.3. The molecule has 2 saturated carbocycles. The lowest BCUT2D eigenvalue weighted by molar-refractivity contribution is -0.224. The lowest BCUT2D eigenvalue weighted by Crippen LogP contribution is -2.38. The molecule has 2 aliphatic rings. The Morgan fingerprint density at radius 3 is 1.95 bits per heavy atom. The maximum absolute atomic E-state index is 15.1. The second-order valence-corrected chi connectivity index (χ2v) is 11.8. The van der Waals surface area contributed by atoms with Gasteiger partial charge in [0.05, 0.1) is 16.9 Å². The van der Waals surface area contributed by atoms with Crippen LogP contribution < -0.4 is 4.74 Å². The van der Waals surface area contributed by atoms with Gasteiger partial charge in [0.1, 0.15) is 23.2 Å². The molecule has 0 heterocycles. The van der Waals surface area contributed by atoms with E-state index in [1.165, 1.54) is 18.8 Å². The van der Waals surface area contributed by atoms with E-state index in [2.05, 4.69) is 6.92 Å². The third-order valence-corrected chi connectivity index (χ3v) is 8.89. The van der Waals surface area contributed by atoms with Gasteiger partial charge in [0, 0.05) is 17.6 Å². The SMILES string of the molecule is CC1CCC(C2CCC(C(F)(F)Oc3ccc(-c4cc(F)c5c(F)c(C#CC(F)(F)F)c(F)cc5c4)c(F)c3)CC2)CC1. The molecule has 1 nitrogen and oxygen atoms in total. The fraction of sp³-hybridized carbons (Fsp3) is 0.455. The molecule has 0 N–H and O–H groups in total. The topological polar surface area (TPSA) is 9.23 Å². The van der Waals surface area contributed by atoms with Gasteiger partial charge in [-0.15, -0.1) is 0 Å². The molecule has 0 spiro atoms. The molecule has 2 fully saturated rings. The number of alkyl halides is 5. The quantitative estimate of drug-likeness (QED) is 0.206. The Kier molecular flexibility index (Phi) is 8.65. The summed E-state index contributed by atoms with van der Waals surface area (Å²) in [6.07, 6.45) is -1.94. The van der Waals surface area contributed by atoms with Gasteiger partial charge in [0.25, 0.3) is 0 Å². The summed E-state index contributed by atoms with van der Waals surface area (Å²) < 4.78 is 131. The van der Waals surface area contributed by atoms with E-state index in [1.807, 2.05) is 0 Å². The van der Waals surface area contributed by atoms with Crippen molar-refractivity contribution in [2.45, 2.75) is 70.6 Å². The zero-order valence-electron chi connectivity index (χ0n) is 23.2. The van der Waals surface area contributed by atoms with Gasteiger partial charge < -0.3 is 4.74 Å².